The Morgan fingerprint density at radius 2 is 1.58 bits per heavy atom. The Labute approximate surface area is 226 Å². The van der Waals surface area contributed by atoms with Gasteiger partial charge in [0.15, 0.2) is 5.17 Å². The first kappa shape index (κ1) is 26.8. The first-order valence-corrected chi connectivity index (χ1v) is 12.8. The van der Waals surface area contributed by atoms with E-state index in [0.29, 0.717) is 28.0 Å². The van der Waals surface area contributed by atoms with Crippen molar-refractivity contribution in [1.29, 1.82) is 0 Å². The zero-order chi connectivity index (χ0) is 27.2. The highest BCUT2D eigenvalue weighted by Gasteiger charge is 2.32. The van der Waals surface area contributed by atoms with Gasteiger partial charge in [-0.3, -0.25) is 14.5 Å². The summed E-state index contributed by atoms with van der Waals surface area (Å²) in [6.07, 6.45) is 1.73. The van der Waals surface area contributed by atoms with Gasteiger partial charge in [-0.25, -0.2) is 4.99 Å². The second kappa shape index (κ2) is 11.9. The molecule has 0 radical (unpaired) electrons. The summed E-state index contributed by atoms with van der Waals surface area (Å²) in [7, 11) is 4.69. The Kier molecular flexibility index (Phi) is 8.38. The number of thioether (sulfide) groups is 1. The van der Waals surface area contributed by atoms with E-state index in [4.69, 9.17) is 14.2 Å². The molecule has 1 heterocycles. The number of hydrogen-bond donors (Lipinski definition) is 1. The molecular weight excluding hydrogens is 502 g/mol. The van der Waals surface area contributed by atoms with Crippen LogP contribution in [0, 0.1) is 13.8 Å². The molecule has 4 rings (SSSR count). The van der Waals surface area contributed by atoms with Gasteiger partial charge in [-0.1, -0.05) is 30.0 Å². The number of carbonyl (C=O) groups excluding carboxylic acids is 2. The number of carbonyl (C=O) groups is 2. The van der Waals surface area contributed by atoms with E-state index in [1.165, 1.54) is 18.9 Å². The Morgan fingerprint density at radius 1 is 0.921 bits per heavy atom. The molecule has 8 nitrogen and oxygen atoms in total. The minimum Gasteiger partial charge on any atom is -0.497 e. The van der Waals surface area contributed by atoms with Crippen LogP contribution in [0.4, 0.5) is 11.4 Å². The predicted octanol–water partition coefficient (Wildman–Crippen LogP) is 5.44. The lowest BCUT2D eigenvalue weighted by Gasteiger charge is -2.19. The molecule has 3 aromatic carbocycles. The largest absolute Gasteiger partial charge is 0.497 e. The summed E-state index contributed by atoms with van der Waals surface area (Å²) in [5, 5.41) is 3.28. The molecule has 0 fully saturated rings. The van der Waals surface area contributed by atoms with Crippen LogP contribution in [0.25, 0.3) is 6.08 Å². The number of methoxy groups -OCH3 is 3. The van der Waals surface area contributed by atoms with Gasteiger partial charge < -0.3 is 19.5 Å². The van der Waals surface area contributed by atoms with E-state index in [0.717, 1.165) is 22.4 Å². The third-order valence-electron chi connectivity index (χ3n) is 5.73. The molecule has 0 bridgehead atoms. The summed E-state index contributed by atoms with van der Waals surface area (Å²) < 4.78 is 15.8. The van der Waals surface area contributed by atoms with E-state index < -0.39 is 0 Å². The molecule has 1 N–H and O–H groups in total. The van der Waals surface area contributed by atoms with Crippen molar-refractivity contribution in [2.75, 3.05) is 37.3 Å². The first-order chi connectivity index (χ1) is 18.3. The van der Waals surface area contributed by atoms with Crippen LogP contribution in [0.2, 0.25) is 0 Å². The zero-order valence-electron chi connectivity index (χ0n) is 21.9. The number of amidine groups is 1. The van der Waals surface area contributed by atoms with Crippen LogP contribution in [0.1, 0.15) is 16.7 Å². The highest BCUT2D eigenvalue weighted by molar-refractivity contribution is 8.14. The lowest BCUT2D eigenvalue weighted by molar-refractivity contribution is -0.114. The Hall–Kier alpha value is -4.24. The number of anilines is 2. The van der Waals surface area contributed by atoms with Crippen molar-refractivity contribution in [1.82, 2.24) is 0 Å². The van der Waals surface area contributed by atoms with Crippen molar-refractivity contribution < 1.29 is 23.8 Å². The molecular formula is C29H29N3O5S. The number of ether oxygens (including phenoxy) is 3. The summed E-state index contributed by atoms with van der Waals surface area (Å²) in [5.41, 5.74) is 4.33. The van der Waals surface area contributed by atoms with Crippen LogP contribution in [0.5, 0.6) is 17.2 Å². The maximum absolute atomic E-state index is 13.5. The fraction of sp³-hybridized carbons (Fsp3) is 0.207. The van der Waals surface area contributed by atoms with Crippen LogP contribution in [-0.4, -0.2) is 44.1 Å². The average Bonchev–Trinajstić information content (AvgIpc) is 3.21. The number of nitrogens with one attached hydrogen (secondary N) is 1. The van der Waals surface area contributed by atoms with Crippen LogP contribution in [0.3, 0.4) is 0 Å². The van der Waals surface area contributed by atoms with E-state index in [2.05, 4.69) is 10.3 Å². The molecule has 0 atom stereocenters. The number of hydrogen-bond acceptors (Lipinski definition) is 7. The molecule has 0 unspecified atom stereocenters. The molecule has 0 aromatic heterocycles. The fourth-order valence-electron chi connectivity index (χ4n) is 3.99. The van der Waals surface area contributed by atoms with Gasteiger partial charge in [0.2, 0.25) is 5.91 Å². The lowest BCUT2D eigenvalue weighted by atomic mass is 10.1. The highest BCUT2D eigenvalue weighted by atomic mass is 32.2. The van der Waals surface area contributed by atoms with Gasteiger partial charge in [0.1, 0.15) is 22.9 Å². The van der Waals surface area contributed by atoms with Crippen LogP contribution < -0.4 is 24.4 Å². The second-order valence-corrected chi connectivity index (χ2v) is 9.53. The number of amides is 2. The lowest BCUT2D eigenvalue weighted by Crippen LogP contribution is -2.31. The van der Waals surface area contributed by atoms with Gasteiger partial charge in [0.25, 0.3) is 5.91 Å². The summed E-state index contributed by atoms with van der Waals surface area (Å²) in [6.45, 7) is 3.95. The van der Waals surface area contributed by atoms with E-state index in [1.54, 1.807) is 43.4 Å². The Morgan fingerprint density at radius 3 is 2.21 bits per heavy atom. The SMILES string of the molecule is COc1ccc(C=C2N=C(SCC(=O)Nc3cc(OC)ccc3OC)N(c3cc(C)cc(C)c3)C2=O)cc1. The first-order valence-electron chi connectivity index (χ1n) is 11.8. The standard InChI is InChI=1S/C29H29N3O5S/c1-18-12-19(2)14-21(13-18)32-28(34)25(15-20-6-8-22(35-3)9-7-20)31-29(32)38-17-27(33)30-24-16-23(36-4)10-11-26(24)37-5/h6-16H,17H2,1-5H3,(H,30,33). The molecule has 196 valence electrons. The fourth-order valence-corrected chi connectivity index (χ4v) is 4.80. The summed E-state index contributed by atoms with van der Waals surface area (Å²) >= 11 is 1.18. The van der Waals surface area contributed by atoms with Crippen molar-refractivity contribution in [3.05, 3.63) is 83.1 Å². The second-order valence-electron chi connectivity index (χ2n) is 8.59. The summed E-state index contributed by atoms with van der Waals surface area (Å²) in [5.74, 6) is 1.32. The summed E-state index contributed by atoms with van der Waals surface area (Å²) in [4.78, 5) is 32.6. The van der Waals surface area contributed by atoms with Crippen LogP contribution in [0.15, 0.2) is 71.4 Å². The maximum atomic E-state index is 13.5. The minimum atomic E-state index is -0.273. The molecule has 3 aromatic rings. The normalized spacial score (nSPS) is 13.9. The number of aliphatic imine (C=N–C) groups is 1. The minimum absolute atomic E-state index is 0.0313. The van der Waals surface area contributed by atoms with Crippen molar-refractivity contribution in [2.24, 2.45) is 4.99 Å². The van der Waals surface area contributed by atoms with E-state index in [9.17, 15) is 9.59 Å². The molecule has 1 aliphatic rings. The van der Waals surface area contributed by atoms with Crippen molar-refractivity contribution >= 4 is 46.2 Å². The third kappa shape index (κ3) is 6.18. The molecule has 1 aliphatic heterocycles. The molecule has 38 heavy (non-hydrogen) atoms. The zero-order valence-corrected chi connectivity index (χ0v) is 22.7. The average molecular weight is 532 g/mol. The quantitative estimate of drug-likeness (QED) is 0.389. The molecule has 9 heteroatoms. The Balaban J connectivity index is 1.60. The number of aryl methyl sites for hydroxylation is 2. The van der Waals surface area contributed by atoms with Crippen molar-refractivity contribution in [2.45, 2.75) is 13.8 Å². The van der Waals surface area contributed by atoms with Crippen LogP contribution in [-0.2, 0) is 9.59 Å². The number of nitrogens with zero attached hydrogens (tertiary/aromatic N) is 2. The van der Waals surface area contributed by atoms with Gasteiger partial charge in [-0.05, 0) is 73.0 Å². The van der Waals surface area contributed by atoms with E-state index in [-0.39, 0.29) is 23.3 Å². The van der Waals surface area contributed by atoms with E-state index >= 15 is 0 Å². The molecule has 0 saturated carbocycles. The Bertz CT molecular complexity index is 1400. The van der Waals surface area contributed by atoms with Crippen molar-refractivity contribution in [3.8, 4) is 17.2 Å². The van der Waals surface area contributed by atoms with Gasteiger partial charge >= 0.3 is 0 Å². The molecule has 0 spiro atoms. The smallest absolute Gasteiger partial charge is 0.283 e. The van der Waals surface area contributed by atoms with Crippen LogP contribution >= 0.6 is 11.8 Å². The number of benzene rings is 3. The maximum Gasteiger partial charge on any atom is 0.283 e. The predicted molar refractivity (Wildman–Crippen MR) is 152 cm³/mol. The third-order valence-corrected chi connectivity index (χ3v) is 6.67. The number of rotatable bonds is 8. The van der Waals surface area contributed by atoms with E-state index in [1.807, 2.05) is 56.3 Å². The summed E-state index contributed by atoms with van der Waals surface area (Å²) in [6, 6.07) is 18.4. The van der Waals surface area contributed by atoms with Gasteiger partial charge in [0.05, 0.1) is 38.5 Å². The topological polar surface area (TPSA) is 89.5 Å². The van der Waals surface area contributed by atoms with Gasteiger partial charge in [-0.2, -0.15) is 0 Å². The van der Waals surface area contributed by atoms with Gasteiger partial charge in [-0.15, -0.1) is 0 Å². The molecule has 0 saturated heterocycles. The monoisotopic (exact) mass is 531 g/mol. The van der Waals surface area contributed by atoms with Gasteiger partial charge in [0, 0.05) is 6.07 Å². The molecule has 0 aliphatic carbocycles. The van der Waals surface area contributed by atoms with Crippen molar-refractivity contribution in [3.63, 3.8) is 0 Å². The molecule has 2 amide bonds. The highest BCUT2D eigenvalue weighted by Crippen LogP contribution is 2.32.